The van der Waals surface area contributed by atoms with E-state index >= 15 is 0 Å². The van der Waals surface area contributed by atoms with E-state index < -0.39 is 11.5 Å². The summed E-state index contributed by atoms with van der Waals surface area (Å²) in [7, 11) is 4.01. The molecule has 1 rings (SSSR count). The number of nitrogens with zero attached hydrogens (tertiary/aromatic N) is 3. The van der Waals surface area contributed by atoms with Crippen LogP contribution in [-0.2, 0) is 18.4 Å². The minimum atomic E-state index is -0.833. The summed E-state index contributed by atoms with van der Waals surface area (Å²) in [6.07, 6.45) is 6.11. The van der Waals surface area contributed by atoms with Crippen molar-refractivity contribution in [1.82, 2.24) is 19.8 Å². The van der Waals surface area contributed by atoms with E-state index in [4.69, 9.17) is 0 Å². The van der Waals surface area contributed by atoms with Crippen LogP contribution in [0, 0.1) is 0 Å². The molecule has 0 saturated carbocycles. The molecule has 2 N–H and O–H groups in total. The first-order valence-corrected chi connectivity index (χ1v) is 7.52. The van der Waals surface area contributed by atoms with Crippen molar-refractivity contribution in [2.75, 3.05) is 20.1 Å². The number of hydrogen-bond acceptors (Lipinski definition) is 4. The van der Waals surface area contributed by atoms with Crippen LogP contribution in [0.2, 0.25) is 0 Å². The SMILES string of the molecule is CCCNC(C)(CCCN(C)Cc1nccn1C)C(=O)O. The van der Waals surface area contributed by atoms with Crippen molar-refractivity contribution in [3.63, 3.8) is 0 Å². The maximum absolute atomic E-state index is 11.4. The molecule has 1 aromatic heterocycles. The number of aliphatic carboxylic acids is 1. The number of aromatic nitrogens is 2. The van der Waals surface area contributed by atoms with Gasteiger partial charge in [0.25, 0.3) is 0 Å². The normalized spacial score (nSPS) is 14.3. The highest BCUT2D eigenvalue weighted by Crippen LogP contribution is 2.14. The first kappa shape index (κ1) is 17.7. The van der Waals surface area contributed by atoms with E-state index in [9.17, 15) is 9.90 Å². The molecular weight excluding hydrogens is 268 g/mol. The van der Waals surface area contributed by atoms with E-state index in [1.54, 1.807) is 13.1 Å². The quantitative estimate of drug-likeness (QED) is 0.684. The molecule has 1 atom stereocenters. The summed E-state index contributed by atoms with van der Waals surface area (Å²) in [5.74, 6) is 0.241. The predicted octanol–water partition coefficient (Wildman–Crippen LogP) is 1.47. The van der Waals surface area contributed by atoms with Gasteiger partial charge < -0.3 is 15.0 Å². The Morgan fingerprint density at radius 1 is 1.57 bits per heavy atom. The van der Waals surface area contributed by atoms with Crippen molar-refractivity contribution in [1.29, 1.82) is 0 Å². The number of imidazole rings is 1. The second-order valence-electron chi connectivity index (χ2n) is 5.86. The topological polar surface area (TPSA) is 70.4 Å². The first-order valence-electron chi connectivity index (χ1n) is 7.52. The zero-order valence-corrected chi connectivity index (χ0v) is 13.6. The zero-order chi connectivity index (χ0) is 15.9. The lowest BCUT2D eigenvalue weighted by Gasteiger charge is -2.27. The Morgan fingerprint density at radius 2 is 2.29 bits per heavy atom. The van der Waals surface area contributed by atoms with E-state index in [1.165, 1.54) is 0 Å². The molecule has 0 aromatic carbocycles. The van der Waals surface area contributed by atoms with Gasteiger partial charge in [-0.05, 0) is 46.3 Å². The van der Waals surface area contributed by atoms with Crippen molar-refractivity contribution in [3.05, 3.63) is 18.2 Å². The van der Waals surface area contributed by atoms with Crippen LogP contribution in [-0.4, -0.2) is 51.2 Å². The molecule has 0 aliphatic rings. The average Bonchev–Trinajstić information content (AvgIpc) is 2.81. The fraction of sp³-hybridized carbons (Fsp3) is 0.733. The highest BCUT2D eigenvalue weighted by molar-refractivity contribution is 5.78. The van der Waals surface area contributed by atoms with Crippen LogP contribution in [0.25, 0.3) is 0 Å². The van der Waals surface area contributed by atoms with Gasteiger partial charge in [-0.1, -0.05) is 6.92 Å². The standard InChI is InChI=1S/C15H28N4O2/c1-5-8-17-15(2,14(20)21)7-6-10-18(3)12-13-16-9-11-19(13)4/h9,11,17H,5-8,10,12H2,1-4H3,(H,20,21). The third-order valence-corrected chi connectivity index (χ3v) is 3.79. The minimum absolute atomic E-state index is 0.618. The molecule has 0 radical (unpaired) electrons. The molecule has 120 valence electrons. The maximum Gasteiger partial charge on any atom is 0.323 e. The van der Waals surface area contributed by atoms with E-state index in [0.717, 1.165) is 38.3 Å². The summed E-state index contributed by atoms with van der Waals surface area (Å²) in [5.41, 5.74) is -0.833. The summed E-state index contributed by atoms with van der Waals surface area (Å²) in [5, 5.41) is 12.5. The number of hydrogen-bond donors (Lipinski definition) is 2. The van der Waals surface area contributed by atoms with E-state index in [2.05, 4.69) is 15.2 Å². The van der Waals surface area contributed by atoms with Crippen LogP contribution < -0.4 is 5.32 Å². The molecular formula is C15H28N4O2. The third kappa shape index (κ3) is 5.47. The number of carboxylic acid groups (broad SMARTS) is 1. The van der Waals surface area contributed by atoms with E-state index in [0.29, 0.717) is 6.42 Å². The Hall–Kier alpha value is -1.40. The molecule has 21 heavy (non-hydrogen) atoms. The smallest absolute Gasteiger partial charge is 0.323 e. The minimum Gasteiger partial charge on any atom is -0.480 e. The van der Waals surface area contributed by atoms with Gasteiger partial charge in [0.1, 0.15) is 11.4 Å². The van der Waals surface area contributed by atoms with Crippen LogP contribution in [0.1, 0.15) is 38.9 Å². The van der Waals surface area contributed by atoms with Gasteiger partial charge in [0, 0.05) is 19.4 Å². The Morgan fingerprint density at radius 3 is 2.81 bits per heavy atom. The van der Waals surface area contributed by atoms with Crippen LogP contribution in [0.4, 0.5) is 0 Å². The zero-order valence-electron chi connectivity index (χ0n) is 13.6. The molecule has 1 unspecified atom stereocenters. The van der Waals surface area contributed by atoms with Gasteiger partial charge in [-0.15, -0.1) is 0 Å². The second-order valence-corrected chi connectivity index (χ2v) is 5.86. The fourth-order valence-corrected chi connectivity index (χ4v) is 2.24. The van der Waals surface area contributed by atoms with Crippen LogP contribution in [0.15, 0.2) is 12.4 Å². The highest BCUT2D eigenvalue weighted by atomic mass is 16.4. The van der Waals surface area contributed by atoms with Crippen molar-refractivity contribution in [2.45, 2.75) is 45.2 Å². The number of aryl methyl sites for hydroxylation is 1. The molecule has 0 amide bonds. The highest BCUT2D eigenvalue weighted by Gasteiger charge is 2.31. The van der Waals surface area contributed by atoms with E-state index in [-0.39, 0.29) is 0 Å². The van der Waals surface area contributed by atoms with Gasteiger partial charge in [0.2, 0.25) is 0 Å². The third-order valence-electron chi connectivity index (χ3n) is 3.79. The molecule has 1 aromatic rings. The summed E-state index contributed by atoms with van der Waals surface area (Å²) in [4.78, 5) is 17.9. The maximum atomic E-state index is 11.4. The Balaban J connectivity index is 2.39. The molecule has 0 fully saturated rings. The molecule has 6 heteroatoms. The Bertz CT molecular complexity index is 447. The summed E-state index contributed by atoms with van der Waals surface area (Å²) in [6, 6.07) is 0. The number of carboxylic acids is 1. The lowest BCUT2D eigenvalue weighted by molar-refractivity contribution is -0.144. The Labute approximate surface area is 127 Å². The second kappa shape index (κ2) is 8.14. The van der Waals surface area contributed by atoms with Gasteiger partial charge in [-0.3, -0.25) is 9.69 Å². The lowest BCUT2D eigenvalue weighted by atomic mass is 9.95. The first-order chi connectivity index (χ1) is 9.89. The van der Waals surface area contributed by atoms with Gasteiger partial charge in [-0.2, -0.15) is 0 Å². The molecule has 1 heterocycles. The van der Waals surface area contributed by atoms with Crippen LogP contribution in [0.3, 0.4) is 0 Å². The predicted molar refractivity (Wildman–Crippen MR) is 83.1 cm³/mol. The van der Waals surface area contributed by atoms with Crippen molar-refractivity contribution >= 4 is 5.97 Å². The van der Waals surface area contributed by atoms with E-state index in [1.807, 2.05) is 31.8 Å². The lowest BCUT2D eigenvalue weighted by Crippen LogP contribution is -2.50. The summed E-state index contributed by atoms with van der Waals surface area (Å²) >= 11 is 0. The van der Waals surface area contributed by atoms with Gasteiger partial charge in [0.05, 0.1) is 6.54 Å². The molecule has 0 saturated heterocycles. The van der Waals surface area contributed by atoms with Gasteiger partial charge in [-0.25, -0.2) is 4.98 Å². The molecule has 0 aliphatic carbocycles. The molecule has 0 bridgehead atoms. The number of nitrogens with one attached hydrogen (secondary N) is 1. The number of rotatable bonds is 10. The average molecular weight is 296 g/mol. The van der Waals surface area contributed by atoms with Crippen molar-refractivity contribution < 1.29 is 9.90 Å². The fourth-order valence-electron chi connectivity index (χ4n) is 2.24. The summed E-state index contributed by atoms with van der Waals surface area (Å²) < 4.78 is 2.00. The monoisotopic (exact) mass is 296 g/mol. The van der Waals surface area contributed by atoms with Crippen molar-refractivity contribution in [3.8, 4) is 0 Å². The van der Waals surface area contributed by atoms with Crippen molar-refractivity contribution in [2.24, 2.45) is 7.05 Å². The summed E-state index contributed by atoms with van der Waals surface area (Å²) in [6.45, 7) is 6.16. The Kier molecular flexibility index (Phi) is 6.84. The van der Waals surface area contributed by atoms with Gasteiger partial charge in [0.15, 0.2) is 0 Å². The molecule has 0 aliphatic heterocycles. The molecule has 0 spiro atoms. The van der Waals surface area contributed by atoms with Gasteiger partial charge >= 0.3 is 5.97 Å². The number of carbonyl (C=O) groups is 1. The van der Waals surface area contributed by atoms with Crippen LogP contribution >= 0.6 is 0 Å². The molecule has 6 nitrogen and oxygen atoms in total. The largest absolute Gasteiger partial charge is 0.480 e. The van der Waals surface area contributed by atoms with Crippen LogP contribution in [0.5, 0.6) is 0 Å².